The Bertz CT molecular complexity index is 742. The molecular formula is C19H25N5O. The van der Waals surface area contributed by atoms with E-state index in [0.29, 0.717) is 11.7 Å². The molecule has 6 heteroatoms. The number of carbonyl (C=O) groups excluding carboxylic acids is 1. The molecule has 0 unspecified atom stereocenters. The van der Waals surface area contributed by atoms with E-state index in [4.69, 9.17) is 0 Å². The molecule has 1 aromatic carbocycles. The number of hydrogen-bond acceptors (Lipinski definition) is 4. The van der Waals surface area contributed by atoms with E-state index in [2.05, 4.69) is 31.6 Å². The number of benzene rings is 1. The number of aryl methyl sites for hydroxylation is 1. The third kappa shape index (κ3) is 5.00. The molecule has 2 aromatic rings. The van der Waals surface area contributed by atoms with Gasteiger partial charge in [0.15, 0.2) is 5.82 Å². The molecular weight excluding hydrogens is 314 g/mol. The van der Waals surface area contributed by atoms with Gasteiger partial charge in [0.05, 0.1) is 6.04 Å². The lowest BCUT2D eigenvalue weighted by Gasteiger charge is -2.18. The van der Waals surface area contributed by atoms with E-state index in [1.54, 1.807) is 6.20 Å². The van der Waals surface area contributed by atoms with E-state index in [0.717, 1.165) is 36.3 Å². The Morgan fingerprint density at radius 3 is 2.80 bits per heavy atom. The molecule has 1 saturated carbocycles. The first kappa shape index (κ1) is 17.4. The summed E-state index contributed by atoms with van der Waals surface area (Å²) in [5, 5.41) is 5.97. The minimum Gasteiger partial charge on any atom is -0.328 e. The van der Waals surface area contributed by atoms with Crippen molar-refractivity contribution in [2.45, 2.75) is 32.4 Å². The van der Waals surface area contributed by atoms with E-state index in [1.165, 1.54) is 0 Å². The lowest BCUT2D eigenvalue weighted by Crippen LogP contribution is -2.34. The molecule has 0 spiro atoms. The number of hydrogen-bond donors (Lipinski definition) is 2. The molecule has 1 fully saturated rings. The highest BCUT2D eigenvalue weighted by molar-refractivity contribution is 5.89. The maximum absolute atomic E-state index is 12.5. The summed E-state index contributed by atoms with van der Waals surface area (Å²) in [6, 6.07) is 9.41. The fraction of sp³-hybridized carbons (Fsp3) is 0.421. The number of anilines is 1. The summed E-state index contributed by atoms with van der Waals surface area (Å²) in [7, 11) is 4.05. The van der Waals surface area contributed by atoms with Gasteiger partial charge < -0.3 is 15.5 Å². The van der Waals surface area contributed by atoms with Crippen LogP contribution in [0.3, 0.4) is 0 Å². The quantitative estimate of drug-likeness (QED) is 0.848. The number of carbonyl (C=O) groups is 1. The van der Waals surface area contributed by atoms with Crippen LogP contribution in [0, 0.1) is 12.8 Å². The van der Waals surface area contributed by atoms with Gasteiger partial charge in [-0.2, -0.15) is 0 Å². The van der Waals surface area contributed by atoms with Gasteiger partial charge in [-0.3, -0.25) is 0 Å². The van der Waals surface area contributed by atoms with E-state index in [1.807, 2.05) is 45.3 Å². The summed E-state index contributed by atoms with van der Waals surface area (Å²) in [6.45, 7) is 2.77. The molecule has 1 aromatic heterocycles. The lowest BCUT2D eigenvalue weighted by molar-refractivity contribution is 0.246. The van der Waals surface area contributed by atoms with Crippen molar-refractivity contribution in [3.63, 3.8) is 0 Å². The van der Waals surface area contributed by atoms with E-state index in [-0.39, 0.29) is 12.1 Å². The van der Waals surface area contributed by atoms with Crippen LogP contribution < -0.4 is 10.6 Å². The van der Waals surface area contributed by atoms with Crippen LogP contribution in [0.5, 0.6) is 0 Å². The summed E-state index contributed by atoms with van der Waals surface area (Å²) in [6.07, 6.45) is 3.94. The van der Waals surface area contributed by atoms with Gasteiger partial charge in [0.2, 0.25) is 0 Å². The Balaban J connectivity index is 1.66. The number of rotatable bonds is 6. The number of amides is 2. The Labute approximate surface area is 148 Å². The number of nitrogens with zero attached hydrogens (tertiary/aromatic N) is 3. The molecule has 1 atom stereocenters. The summed E-state index contributed by atoms with van der Waals surface area (Å²) in [4.78, 5) is 23.4. The number of urea groups is 1. The average Bonchev–Trinajstić information content (AvgIpc) is 3.37. The maximum Gasteiger partial charge on any atom is 0.319 e. The first-order valence-corrected chi connectivity index (χ1v) is 8.62. The van der Waals surface area contributed by atoms with Crippen LogP contribution in [0.4, 0.5) is 10.5 Å². The molecule has 0 saturated heterocycles. The van der Waals surface area contributed by atoms with Gasteiger partial charge in [-0.1, -0.05) is 12.1 Å². The topological polar surface area (TPSA) is 70.2 Å². The Hall–Kier alpha value is -2.47. The van der Waals surface area contributed by atoms with Gasteiger partial charge in [0, 0.05) is 24.1 Å². The Morgan fingerprint density at radius 1 is 1.32 bits per heavy atom. The van der Waals surface area contributed by atoms with Gasteiger partial charge in [0.1, 0.15) is 0 Å². The molecule has 132 valence electrons. The summed E-state index contributed by atoms with van der Waals surface area (Å²) in [5.41, 5.74) is 2.86. The van der Waals surface area contributed by atoms with Crippen molar-refractivity contribution in [3.05, 3.63) is 53.6 Å². The highest BCUT2D eigenvalue weighted by Gasteiger charge is 2.35. The summed E-state index contributed by atoms with van der Waals surface area (Å²) < 4.78 is 0. The van der Waals surface area contributed by atoms with Gasteiger partial charge in [0.25, 0.3) is 0 Å². The highest BCUT2D eigenvalue weighted by Crippen LogP contribution is 2.39. The van der Waals surface area contributed by atoms with Crippen molar-refractivity contribution in [2.24, 2.45) is 5.92 Å². The Morgan fingerprint density at radius 2 is 2.12 bits per heavy atom. The normalized spacial score (nSPS) is 15.0. The zero-order valence-corrected chi connectivity index (χ0v) is 15.0. The minimum absolute atomic E-state index is 0.134. The Kier molecular flexibility index (Phi) is 5.28. The van der Waals surface area contributed by atoms with Gasteiger partial charge in [-0.15, -0.1) is 0 Å². The second-order valence-corrected chi connectivity index (χ2v) is 6.91. The van der Waals surface area contributed by atoms with Crippen LogP contribution in [0.25, 0.3) is 0 Å². The first-order chi connectivity index (χ1) is 12.0. The fourth-order valence-corrected chi connectivity index (χ4v) is 2.86. The number of nitrogens with one attached hydrogen (secondary N) is 2. The van der Waals surface area contributed by atoms with Crippen molar-refractivity contribution in [3.8, 4) is 0 Å². The van der Waals surface area contributed by atoms with Crippen molar-refractivity contribution in [2.75, 3.05) is 19.4 Å². The molecule has 25 heavy (non-hydrogen) atoms. The SMILES string of the molecule is Cc1ccnc([C@@H](NC(=O)Nc2cccc(CN(C)C)c2)C2CC2)n1. The van der Waals surface area contributed by atoms with Gasteiger partial charge >= 0.3 is 6.03 Å². The molecule has 6 nitrogen and oxygen atoms in total. The minimum atomic E-state index is -0.219. The lowest BCUT2D eigenvalue weighted by atomic mass is 10.1. The molecule has 0 bridgehead atoms. The average molecular weight is 339 g/mol. The summed E-state index contributed by atoms with van der Waals surface area (Å²) in [5.74, 6) is 1.12. The van der Waals surface area contributed by atoms with Crippen molar-refractivity contribution in [1.82, 2.24) is 20.2 Å². The molecule has 2 N–H and O–H groups in total. The summed E-state index contributed by atoms with van der Waals surface area (Å²) >= 11 is 0. The molecule has 1 aliphatic rings. The fourth-order valence-electron chi connectivity index (χ4n) is 2.86. The van der Waals surface area contributed by atoms with Crippen molar-refractivity contribution < 1.29 is 4.79 Å². The zero-order valence-electron chi connectivity index (χ0n) is 15.0. The van der Waals surface area contributed by atoms with E-state index >= 15 is 0 Å². The maximum atomic E-state index is 12.5. The van der Waals surface area contributed by atoms with Crippen molar-refractivity contribution in [1.29, 1.82) is 0 Å². The molecule has 2 amide bonds. The zero-order chi connectivity index (χ0) is 17.8. The predicted octanol–water partition coefficient (Wildman–Crippen LogP) is 3.12. The molecule has 1 aliphatic carbocycles. The van der Waals surface area contributed by atoms with E-state index < -0.39 is 0 Å². The number of aromatic nitrogens is 2. The van der Waals surface area contributed by atoms with Crippen LogP contribution in [0.2, 0.25) is 0 Å². The standard InChI is InChI=1S/C19H25N5O/c1-13-9-10-20-18(21-13)17(15-7-8-15)23-19(25)22-16-6-4-5-14(11-16)12-24(2)3/h4-6,9-11,15,17H,7-8,12H2,1-3H3,(H2,22,23,25)/t17-/m0/s1. The molecule has 0 radical (unpaired) electrons. The third-order valence-electron chi connectivity index (χ3n) is 4.16. The van der Waals surface area contributed by atoms with Crippen LogP contribution in [0.1, 0.15) is 36.0 Å². The highest BCUT2D eigenvalue weighted by atomic mass is 16.2. The molecule has 0 aliphatic heterocycles. The smallest absolute Gasteiger partial charge is 0.319 e. The first-order valence-electron chi connectivity index (χ1n) is 8.62. The third-order valence-corrected chi connectivity index (χ3v) is 4.16. The second-order valence-electron chi connectivity index (χ2n) is 6.91. The second kappa shape index (κ2) is 7.61. The predicted molar refractivity (Wildman–Crippen MR) is 98.2 cm³/mol. The van der Waals surface area contributed by atoms with Gasteiger partial charge in [-0.05, 0) is 63.5 Å². The molecule has 3 rings (SSSR count). The molecule has 1 heterocycles. The largest absolute Gasteiger partial charge is 0.328 e. The van der Waals surface area contributed by atoms with Crippen LogP contribution in [-0.2, 0) is 6.54 Å². The van der Waals surface area contributed by atoms with Crippen LogP contribution >= 0.6 is 0 Å². The van der Waals surface area contributed by atoms with Crippen LogP contribution in [0.15, 0.2) is 36.5 Å². The van der Waals surface area contributed by atoms with E-state index in [9.17, 15) is 4.79 Å². The van der Waals surface area contributed by atoms with Crippen molar-refractivity contribution >= 4 is 11.7 Å². The van der Waals surface area contributed by atoms with Crippen LogP contribution in [-0.4, -0.2) is 35.0 Å². The monoisotopic (exact) mass is 339 g/mol. The van der Waals surface area contributed by atoms with Gasteiger partial charge in [-0.25, -0.2) is 14.8 Å².